The number of aryl methyl sites for hydroxylation is 1. The lowest BCUT2D eigenvalue weighted by atomic mass is 10.1. The molecule has 1 aliphatic heterocycles. The van der Waals surface area contributed by atoms with Crippen LogP contribution in [-0.4, -0.2) is 28.3 Å². The van der Waals surface area contributed by atoms with Crippen LogP contribution in [0.5, 0.6) is 5.75 Å². The van der Waals surface area contributed by atoms with Gasteiger partial charge in [0.25, 0.3) is 11.8 Å². The topological polar surface area (TPSA) is 62.4 Å². The lowest BCUT2D eigenvalue weighted by Crippen LogP contribution is -2.24. The van der Waals surface area contributed by atoms with E-state index < -0.39 is 0 Å². The molecule has 0 bridgehead atoms. The highest BCUT2D eigenvalue weighted by Crippen LogP contribution is 2.26. The molecule has 2 heterocycles. The Hall–Kier alpha value is -2.04. The van der Waals surface area contributed by atoms with E-state index in [0.717, 1.165) is 24.2 Å². The first-order valence-electron chi connectivity index (χ1n) is 7.13. The zero-order valence-electron chi connectivity index (χ0n) is 11.7. The number of aromatic nitrogens is 2. The van der Waals surface area contributed by atoms with Crippen molar-refractivity contribution in [2.75, 3.05) is 18.0 Å². The predicted octanol–water partition coefficient (Wildman–Crippen LogP) is 3.13. The maximum atomic E-state index is 9.56. The third-order valence-electron chi connectivity index (χ3n) is 3.75. The highest BCUT2D eigenvalue weighted by Gasteiger charge is 2.17. The third-order valence-corrected chi connectivity index (χ3v) is 3.75. The second kappa shape index (κ2) is 5.53. The number of hydrogen-bond donors (Lipinski definition) is 1. The predicted molar refractivity (Wildman–Crippen MR) is 76.8 cm³/mol. The van der Waals surface area contributed by atoms with Gasteiger partial charge in [0, 0.05) is 18.7 Å². The molecule has 1 saturated heterocycles. The van der Waals surface area contributed by atoms with Crippen LogP contribution in [0.3, 0.4) is 0 Å². The molecule has 5 nitrogen and oxygen atoms in total. The smallest absolute Gasteiger partial charge is 0.266 e. The summed E-state index contributed by atoms with van der Waals surface area (Å²) < 4.78 is 5.36. The number of aromatic hydroxyl groups is 1. The number of phenols is 1. The Kier molecular flexibility index (Phi) is 3.58. The largest absolute Gasteiger partial charge is 0.508 e. The first-order valence-corrected chi connectivity index (χ1v) is 7.13. The molecule has 1 aliphatic rings. The molecule has 1 aromatic heterocycles. The number of benzene rings is 1. The molecule has 1 aromatic carbocycles. The minimum absolute atomic E-state index is 0.279. The van der Waals surface area contributed by atoms with Crippen molar-refractivity contribution >= 4 is 5.95 Å². The molecule has 0 radical (unpaired) electrons. The lowest BCUT2D eigenvalue weighted by Gasteiger charge is -2.16. The van der Waals surface area contributed by atoms with Gasteiger partial charge in [-0.3, -0.25) is 0 Å². The number of anilines is 1. The van der Waals surface area contributed by atoms with Crippen molar-refractivity contribution < 1.29 is 9.63 Å². The summed E-state index contributed by atoms with van der Waals surface area (Å²) in [6, 6.07) is 5.30. The van der Waals surface area contributed by atoms with Gasteiger partial charge in [-0.2, -0.15) is 4.98 Å². The molecule has 106 valence electrons. The summed E-state index contributed by atoms with van der Waals surface area (Å²) >= 11 is 0. The van der Waals surface area contributed by atoms with Gasteiger partial charge in [-0.25, -0.2) is 0 Å². The fourth-order valence-electron chi connectivity index (χ4n) is 2.52. The molecule has 1 N–H and O–H groups in total. The normalized spacial score (nSPS) is 16.1. The standard InChI is InChI=1S/C15H19N3O2/c1-11-10-12(6-7-13(11)19)14-16-15(17-20-14)18-8-4-2-3-5-9-18/h6-7,10,19H,2-5,8-9H2,1H3. The van der Waals surface area contributed by atoms with Gasteiger partial charge in [0.1, 0.15) is 5.75 Å². The fourth-order valence-corrected chi connectivity index (χ4v) is 2.52. The van der Waals surface area contributed by atoms with Gasteiger partial charge in [-0.05, 0) is 48.7 Å². The van der Waals surface area contributed by atoms with Crippen molar-refractivity contribution in [3.05, 3.63) is 23.8 Å². The van der Waals surface area contributed by atoms with E-state index in [9.17, 15) is 5.11 Å². The van der Waals surface area contributed by atoms with Crippen molar-refractivity contribution in [3.8, 4) is 17.2 Å². The zero-order chi connectivity index (χ0) is 13.9. The van der Waals surface area contributed by atoms with E-state index in [0.29, 0.717) is 11.8 Å². The van der Waals surface area contributed by atoms with E-state index in [1.807, 2.05) is 13.0 Å². The van der Waals surface area contributed by atoms with Crippen LogP contribution in [0.4, 0.5) is 5.95 Å². The summed E-state index contributed by atoms with van der Waals surface area (Å²) in [5.41, 5.74) is 1.64. The van der Waals surface area contributed by atoms with Crippen LogP contribution in [0.2, 0.25) is 0 Å². The minimum atomic E-state index is 0.279. The van der Waals surface area contributed by atoms with Crippen LogP contribution < -0.4 is 4.90 Å². The number of hydrogen-bond acceptors (Lipinski definition) is 5. The van der Waals surface area contributed by atoms with Gasteiger partial charge in [0.2, 0.25) is 0 Å². The van der Waals surface area contributed by atoms with Crippen molar-refractivity contribution in [2.45, 2.75) is 32.6 Å². The van der Waals surface area contributed by atoms with Gasteiger partial charge in [0.15, 0.2) is 0 Å². The molecular weight excluding hydrogens is 254 g/mol. The number of nitrogens with zero attached hydrogens (tertiary/aromatic N) is 3. The summed E-state index contributed by atoms with van der Waals surface area (Å²) in [4.78, 5) is 6.67. The van der Waals surface area contributed by atoms with Gasteiger partial charge in [-0.1, -0.05) is 12.8 Å². The molecule has 0 spiro atoms. The van der Waals surface area contributed by atoms with E-state index in [1.165, 1.54) is 25.7 Å². The summed E-state index contributed by atoms with van der Waals surface area (Å²) in [6.45, 7) is 3.84. The van der Waals surface area contributed by atoms with Crippen LogP contribution >= 0.6 is 0 Å². The van der Waals surface area contributed by atoms with E-state index in [-0.39, 0.29) is 5.75 Å². The van der Waals surface area contributed by atoms with Crippen molar-refractivity contribution in [2.24, 2.45) is 0 Å². The Morgan fingerprint density at radius 1 is 1.15 bits per heavy atom. The van der Waals surface area contributed by atoms with Crippen LogP contribution in [0.25, 0.3) is 11.5 Å². The monoisotopic (exact) mass is 273 g/mol. The lowest BCUT2D eigenvalue weighted by molar-refractivity contribution is 0.429. The van der Waals surface area contributed by atoms with Crippen molar-refractivity contribution in [1.29, 1.82) is 0 Å². The molecule has 5 heteroatoms. The summed E-state index contributed by atoms with van der Waals surface area (Å²) in [5.74, 6) is 1.46. The molecule has 2 aromatic rings. The fraction of sp³-hybridized carbons (Fsp3) is 0.467. The van der Waals surface area contributed by atoms with Gasteiger partial charge in [0.05, 0.1) is 0 Å². The van der Waals surface area contributed by atoms with Crippen LogP contribution in [0.15, 0.2) is 22.7 Å². The highest BCUT2D eigenvalue weighted by molar-refractivity contribution is 5.58. The average Bonchev–Trinajstić information content (AvgIpc) is 2.78. The van der Waals surface area contributed by atoms with Crippen LogP contribution in [-0.2, 0) is 0 Å². The second-order valence-electron chi connectivity index (χ2n) is 5.30. The maximum Gasteiger partial charge on any atom is 0.266 e. The van der Waals surface area contributed by atoms with E-state index in [4.69, 9.17) is 4.52 Å². The van der Waals surface area contributed by atoms with E-state index in [2.05, 4.69) is 15.0 Å². The third kappa shape index (κ3) is 2.61. The molecule has 0 saturated carbocycles. The van der Waals surface area contributed by atoms with E-state index >= 15 is 0 Å². The quantitative estimate of drug-likeness (QED) is 0.910. The number of rotatable bonds is 2. The SMILES string of the molecule is Cc1cc(-c2nc(N3CCCCCC3)no2)ccc1O. The Morgan fingerprint density at radius 2 is 1.90 bits per heavy atom. The maximum absolute atomic E-state index is 9.56. The minimum Gasteiger partial charge on any atom is -0.508 e. The zero-order valence-corrected chi connectivity index (χ0v) is 11.7. The Labute approximate surface area is 118 Å². The van der Waals surface area contributed by atoms with Crippen molar-refractivity contribution in [1.82, 2.24) is 10.1 Å². The summed E-state index contributed by atoms with van der Waals surface area (Å²) in [5, 5.41) is 13.6. The molecule has 0 amide bonds. The molecule has 3 rings (SSSR count). The molecular formula is C15H19N3O2. The number of phenolic OH excluding ortho intramolecular Hbond substituents is 1. The summed E-state index contributed by atoms with van der Waals surface area (Å²) in [7, 11) is 0. The summed E-state index contributed by atoms with van der Waals surface area (Å²) in [6.07, 6.45) is 4.92. The molecule has 1 fully saturated rings. The second-order valence-corrected chi connectivity index (χ2v) is 5.30. The van der Waals surface area contributed by atoms with Gasteiger partial charge >= 0.3 is 0 Å². The first-order chi connectivity index (χ1) is 9.74. The van der Waals surface area contributed by atoms with Gasteiger partial charge in [-0.15, -0.1) is 0 Å². The Morgan fingerprint density at radius 3 is 2.60 bits per heavy atom. The Balaban J connectivity index is 1.83. The van der Waals surface area contributed by atoms with Crippen LogP contribution in [0, 0.1) is 6.92 Å². The van der Waals surface area contributed by atoms with Crippen LogP contribution in [0.1, 0.15) is 31.2 Å². The van der Waals surface area contributed by atoms with Gasteiger partial charge < -0.3 is 14.5 Å². The van der Waals surface area contributed by atoms with E-state index in [1.54, 1.807) is 12.1 Å². The Bertz CT molecular complexity index is 587. The molecule has 0 unspecified atom stereocenters. The first kappa shape index (κ1) is 13.0. The van der Waals surface area contributed by atoms with Crippen molar-refractivity contribution in [3.63, 3.8) is 0 Å². The average molecular weight is 273 g/mol. The highest BCUT2D eigenvalue weighted by atomic mass is 16.5. The molecule has 0 aliphatic carbocycles. The molecule has 0 atom stereocenters. The molecule has 20 heavy (non-hydrogen) atoms.